The van der Waals surface area contributed by atoms with Crippen molar-refractivity contribution >= 4 is 17.1 Å². The van der Waals surface area contributed by atoms with Gasteiger partial charge in [-0.2, -0.15) is 0 Å². The summed E-state index contributed by atoms with van der Waals surface area (Å²) in [4.78, 5) is 22.7. The Bertz CT molecular complexity index is 434. The van der Waals surface area contributed by atoms with E-state index in [4.69, 9.17) is 0 Å². The lowest BCUT2D eigenvalue weighted by Gasteiger charge is -1.93. The fourth-order valence-corrected chi connectivity index (χ4v) is 0.998. The van der Waals surface area contributed by atoms with Gasteiger partial charge in [0.2, 0.25) is 5.91 Å². The van der Waals surface area contributed by atoms with Crippen LogP contribution in [0.2, 0.25) is 0 Å². The van der Waals surface area contributed by atoms with Crippen LogP contribution >= 0.6 is 0 Å². The highest BCUT2D eigenvalue weighted by Gasteiger charge is 2.05. The molecule has 0 amide bonds. The van der Waals surface area contributed by atoms with Gasteiger partial charge in [0.1, 0.15) is 18.2 Å². The number of rotatable bonds is 0. The predicted molar refractivity (Wildman–Crippen MR) is 41.6 cm³/mol. The highest BCUT2D eigenvalue weighted by molar-refractivity contribution is 5.86. The first-order valence-corrected chi connectivity index (χ1v) is 3.43. The average molecular weight is 162 g/mol. The molecule has 60 valence electrons. The van der Waals surface area contributed by atoms with Crippen LogP contribution in [-0.4, -0.2) is 25.4 Å². The van der Waals surface area contributed by atoms with E-state index < -0.39 is 0 Å². The number of aromatic nitrogens is 4. The van der Waals surface area contributed by atoms with Crippen molar-refractivity contribution in [3.8, 4) is 0 Å². The minimum Gasteiger partial charge on any atom is -0.274 e. The Hall–Kier alpha value is -1.78. The number of hydrogen-bond acceptors (Lipinski definition) is 4. The van der Waals surface area contributed by atoms with Crippen LogP contribution in [0.4, 0.5) is 0 Å². The molecule has 0 aromatic carbocycles. The van der Waals surface area contributed by atoms with Crippen molar-refractivity contribution in [1.82, 2.24) is 19.5 Å². The standard InChI is InChI=1S/C7H6N4O/c1-5(12)11-4-10-6-2-8-3-9-7(6)11/h2-4H,1H3. The molecule has 2 heterocycles. The van der Waals surface area contributed by atoms with Crippen molar-refractivity contribution in [3.05, 3.63) is 18.9 Å². The van der Waals surface area contributed by atoms with E-state index in [1.54, 1.807) is 6.20 Å². The number of nitrogens with zero attached hydrogens (tertiary/aromatic N) is 4. The molecule has 2 rings (SSSR count). The molecule has 2 aromatic rings. The van der Waals surface area contributed by atoms with E-state index in [2.05, 4.69) is 15.0 Å². The topological polar surface area (TPSA) is 60.7 Å². The van der Waals surface area contributed by atoms with Crippen LogP contribution in [0.25, 0.3) is 11.2 Å². The van der Waals surface area contributed by atoms with Gasteiger partial charge >= 0.3 is 0 Å². The van der Waals surface area contributed by atoms with Crippen molar-refractivity contribution in [2.24, 2.45) is 0 Å². The SMILES string of the molecule is CC(=O)n1cnc2cncnc21. The van der Waals surface area contributed by atoms with E-state index >= 15 is 0 Å². The Morgan fingerprint density at radius 1 is 1.50 bits per heavy atom. The molecule has 0 unspecified atom stereocenters. The van der Waals surface area contributed by atoms with E-state index in [9.17, 15) is 4.79 Å². The lowest BCUT2D eigenvalue weighted by atomic mass is 10.5. The number of hydrogen-bond donors (Lipinski definition) is 0. The maximum atomic E-state index is 11.0. The molecule has 5 heteroatoms. The molecule has 0 saturated carbocycles. The van der Waals surface area contributed by atoms with E-state index in [1.807, 2.05) is 0 Å². The average Bonchev–Trinajstić information content (AvgIpc) is 2.47. The minimum atomic E-state index is -0.101. The minimum absolute atomic E-state index is 0.101. The van der Waals surface area contributed by atoms with Gasteiger partial charge in [0.15, 0.2) is 5.65 Å². The maximum Gasteiger partial charge on any atom is 0.230 e. The van der Waals surface area contributed by atoms with Crippen molar-refractivity contribution in [2.45, 2.75) is 6.92 Å². The first-order valence-electron chi connectivity index (χ1n) is 3.43. The monoisotopic (exact) mass is 162 g/mol. The summed E-state index contributed by atoms with van der Waals surface area (Å²) in [5.74, 6) is -0.101. The number of carbonyl (C=O) groups is 1. The van der Waals surface area contributed by atoms with Gasteiger partial charge in [-0.3, -0.25) is 9.36 Å². The molecule has 0 N–H and O–H groups in total. The number of imidazole rings is 1. The molecule has 0 fully saturated rings. The summed E-state index contributed by atoms with van der Waals surface area (Å²) in [7, 11) is 0. The molecular weight excluding hydrogens is 156 g/mol. The fraction of sp³-hybridized carbons (Fsp3) is 0.143. The molecule has 0 radical (unpaired) electrons. The molecule has 0 spiro atoms. The van der Waals surface area contributed by atoms with Gasteiger partial charge < -0.3 is 0 Å². The van der Waals surface area contributed by atoms with Gasteiger partial charge in [0.25, 0.3) is 0 Å². The third-order valence-electron chi connectivity index (χ3n) is 1.55. The predicted octanol–water partition coefficient (Wildman–Crippen LogP) is 0.486. The second kappa shape index (κ2) is 2.37. The van der Waals surface area contributed by atoms with Gasteiger partial charge in [-0.15, -0.1) is 0 Å². The molecule has 5 nitrogen and oxygen atoms in total. The molecule has 0 bridgehead atoms. The maximum absolute atomic E-state index is 11.0. The Morgan fingerprint density at radius 3 is 3.08 bits per heavy atom. The highest BCUT2D eigenvalue weighted by Crippen LogP contribution is 2.05. The third kappa shape index (κ3) is 0.868. The lowest BCUT2D eigenvalue weighted by Crippen LogP contribution is -2.04. The van der Waals surface area contributed by atoms with E-state index in [-0.39, 0.29) is 5.91 Å². The summed E-state index contributed by atoms with van der Waals surface area (Å²) in [5, 5.41) is 0. The Labute approximate surface area is 68.1 Å². The molecule has 0 saturated heterocycles. The van der Waals surface area contributed by atoms with E-state index in [1.165, 1.54) is 24.1 Å². The Morgan fingerprint density at radius 2 is 2.33 bits per heavy atom. The summed E-state index contributed by atoms with van der Waals surface area (Å²) in [6.07, 6.45) is 4.41. The van der Waals surface area contributed by atoms with E-state index in [0.717, 1.165) is 0 Å². The van der Waals surface area contributed by atoms with Crippen LogP contribution in [-0.2, 0) is 0 Å². The van der Waals surface area contributed by atoms with Crippen molar-refractivity contribution in [3.63, 3.8) is 0 Å². The summed E-state index contributed by atoms with van der Waals surface area (Å²) in [5.41, 5.74) is 1.19. The summed E-state index contributed by atoms with van der Waals surface area (Å²) < 4.78 is 1.39. The van der Waals surface area contributed by atoms with Gasteiger partial charge in [-0.25, -0.2) is 15.0 Å². The fourth-order valence-electron chi connectivity index (χ4n) is 0.998. The molecule has 0 aliphatic carbocycles. The van der Waals surface area contributed by atoms with Gasteiger partial charge in [0.05, 0.1) is 6.20 Å². The highest BCUT2D eigenvalue weighted by atomic mass is 16.1. The molecule has 12 heavy (non-hydrogen) atoms. The largest absolute Gasteiger partial charge is 0.274 e. The van der Waals surface area contributed by atoms with Crippen LogP contribution in [0.3, 0.4) is 0 Å². The zero-order valence-electron chi connectivity index (χ0n) is 6.43. The lowest BCUT2D eigenvalue weighted by molar-refractivity contribution is 0.0940. The van der Waals surface area contributed by atoms with Crippen molar-refractivity contribution < 1.29 is 4.79 Å². The van der Waals surface area contributed by atoms with Crippen molar-refractivity contribution in [2.75, 3.05) is 0 Å². The summed E-state index contributed by atoms with van der Waals surface area (Å²) in [6.45, 7) is 1.46. The molecule has 0 atom stereocenters. The second-order valence-electron chi connectivity index (χ2n) is 2.37. The summed E-state index contributed by atoms with van der Waals surface area (Å²) in [6, 6.07) is 0. The molecule has 0 aliphatic rings. The van der Waals surface area contributed by atoms with E-state index in [0.29, 0.717) is 11.2 Å². The van der Waals surface area contributed by atoms with Crippen LogP contribution < -0.4 is 0 Å². The van der Waals surface area contributed by atoms with Gasteiger partial charge in [-0.05, 0) is 0 Å². The van der Waals surface area contributed by atoms with Gasteiger partial charge in [0, 0.05) is 6.92 Å². The van der Waals surface area contributed by atoms with Gasteiger partial charge in [-0.1, -0.05) is 0 Å². The number of carbonyl (C=O) groups excluding carboxylic acids is 1. The Kier molecular flexibility index (Phi) is 1.36. The normalized spacial score (nSPS) is 10.4. The summed E-state index contributed by atoms with van der Waals surface area (Å²) >= 11 is 0. The smallest absolute Gasteiger partial charge is 0.230 e. The van der Waals surface area contributed by atoms with Crippen LogP contribution in [0.1, 0.15) is 11.7 Å². The molecule has 0 aliphatic heterocycles. The van der Waals surface area contributed by atoms with Crippen LogP contribution in [0, 0.1) is 0 Å². The number of fused-ring (bicyclic) bond motifs is 1. The third-order valence-corrected chi connectivity index (χ3v) is 1.55. The molecule has 2 aromatic heterocycles. The zero-order chi connectivity index (χ0) is 8.55. The Balaban J connectivity index is 2.79. The zero-order valence-corrected chi connectivity index (χ0v) is 6.43. The second-order valence-corrected chi connectivity index (χ2v) is 2.37. The van der Waals surface area contributed by atoms with Crippen LogP contribution in [0.5, 0.6) is 0 Å². The molecular formula is C7H6N4O. The first-order chi connectivity index (χ1) is 5.79. The quantitative estimate of drug-likeness (QED) is 0.565. The van der Waals surface area contributed by atoms with Crippen molar-refractivity contribution in [1.29, 1.82) is 0 Å². The first kappa shape index (κ1) is 6.90. The van der Waals surface area contributed by atoms with Crippen LogP contribution in [0.15, 0.2) is 18.9 Å².